The van der Waals surface area contributed by atoms with Gasteiger partial charge >= 0.3 is 0 Å². The third-order valence-electron chi connectivity index (χ3n) is 2.06. The van der Waals surface area contributed by atoms with Crippen molar-refractivity contribution >= 4 is 11.5 Å². The van der Waals surface area contributed by atoms with E-state index >= 15 is 0 Å². The molecule has 0 radical (unpaired) electrons. The minimum Gasteiger partial charge on any atom is -0.394 e. The molecule has 0 saturated carbocycles. The number of unbranched alkanes of at least 4 members (excludes halogenated alkanes) is 3. The lowest BCUT2D eigenvalue weighted by Crippen LogP contribution is -2.06. The summed E-state index contributed by atoms with van der Waals surface area (Å²) in [6.45, 7) is 3.14. The van der Waals surface area contributed by atoms with E-state index in [4.69, 9.17) is 5.73 Å². The summed E-state index contributed by atoms with van der Waals surface area (Å²) >= 11 is 0. The van der Waals surface area contributed by atoms with Crippen LogP contribution in [0.4, 0.5) is 11.5 Å². The number of nitrogen functional groups attached to an aromatic ring is 1. The van der Waals surface area contributed by atoms with Crippen LogP contribution in [0.3, 0.4) is 0 Å². The maximum Gasteiger partial charge on any atom is 0.152 e. The van der Waals surface area contributed by atoms with Crippen LogP contribution in [0.1, 0.15) is 32.6 Å². The first-order valence-corrected chi connectivity index (χ1v) is 5.14. The number of nitrogens with zero attached hydrogens (tertiary/aromatic N) is 2. The van der Waals surface area contributed by atoms with Crippen LogP contribution in [-0.4, -0.2) is 16.5 Å². The number of hydrogen-bond acceptors (Lipinski definition) is 4. The summed E-state index contributed by atoms with van der Waals surface area (Å²) in [5.74, 6) is 0.747. The molecule has 1 aromatic heterocycles. The van der Waals surface area contributed by atoms with Crippen LogP contribution in [0.5, 0.6) is 0 Å². The zero-order valence-corrected chi connectivity index (χ0v) is 8.66. The number of anilines is 2. The summed E-state index contributed by atoms with van der Waals surface area (Å²) < 4.78 is 0. The quantitative estimate of drug-likeness (QED) is 0.680. The molecule has 0 bridgehead atoms. The average molecular weight is 194 g/mol. The highest BCUT2D eigenvalue weighted by Gasteiger charge is 1.97. The number of rotatable bonds is 6. The Balaban J connectivity index is 2.21. The molecular formula is C10H18N4. The van der Waals surface area contributed by atoms with Gasteiger partial charge in [-0.25, -0.2) is 9.97 Å². The first-order chi connectivity index (χ1) is 6.84. The molecule has 14 heavy (non-hydrogen) atoms. The first kappa shape index (κ1) is 10.8. The van der Waals surface area contributed by atoms with Crippen LogP contribution in [0.2, 0.25) is 0 Å². The van der Waals surface area contributed by atoms with Crippen LogP contribution < -0.4 is 11.1 Å². The van der Waals surface area contributed by atoms with Crippen molar-refractivity contribution in [1.29, 1.82) is 0 Å². The van der Waals surface area contributed by atoms with E-state index in [0.29, 0.717) is 5.69 Å². The van der Waals surface area contributed by atoms with Crippen LogP contribution in [0.15, 0.2) is 12.5 Å². The van der Waals surface area contributed by atoms with Gasteiger partial charge in [-0.15, -0.1) is 0 Å². The van der Waals surface area contributed by atoms with E-state index in [1.807, 2.05) is 0 Å². The molecule has 1 rings (SSSR count). The Morgan fingerprint density at radius 3 is 2.93 bits per heavy atom. The molecule has 0 spiro atoms. The summed E-state index contributed by atoms with van der Waals surface area (Å²) in [5.41, 5.74) is 6.29. The molecule has 1 heterocycles. The minimum atomic E-state index is 0.614. The first-order valence-electron chi connectivity index (χ1n) is 5.14. The fraction of sp³-hybridized carbons (Fsp3) is 0.600. The molecule has 0 aliphatic carbocycles. The number of nitrogens with two attached hydrogens (primary N) is 1. The monoisotopic (exact) mass is 194 g/mol. The highest BCUT2D eigenvalue weighted by Crippen LogP contribution is 2.11. The number of hydrogen-bond donors (Lipinski definition) is 2. The van der Waals surface area contributed by atoms with Crippen molar-refractivity contribution in [3.63, 3.8) is 0 Å². The lowest BCUT2D eigenvalue weighted by Gasteiger charge is -2.06. The number of aromatic nitrogens is 2. The van der Waals surface area contributed by atoms with Crippen molar-refractivity contribution in [1.82, 2.24) is 9.97 Å². The van der Waals surface area contributed by atoms with Gasteiger partial charge in [0.15, 0.2) is 5.82 Å². The Morgan fingerprint density at radius 2 is 2.21 bits per heavy atom. The van der Waals surface area contributed by atoms with Gasteiger partial charge in [-0.3, -0.25) is 0 Å². The minimum absolute atomic E-state index is 0.614. The highest BCUT2D eigenvalue weighted by molar-refractivity contribution is 5.58. The van der Waals surface area contributed by atoms with E-state index in [2.05, 4.69) is 22.2 Å². The SMILES string of the molecule is CCCCCCNc1ncncc1N. The lowest BCUT2D eigenvalue weighted by atomic mass is 10.2. The Hall–Kier alpha value is -1.32. The van der Waals surface area contributed by atoms with Gasteiger partial charge in [-0.2, -0.15) is 0 Å². The van der Waals surface area contributed by atoms with Crippen LogP contribution in [0, 0.1) is 0 Å². The van der Waals surface area contributed by atoms with Gasteiger partial charge in [-0.1, -0.05) is 26.2 Å². The molecular weight excluding hydrogens is 176 g/mol. The van der Waals surface area contributed by atoms with E-state index < -0.39 is 0 Å². The fourth-order valence-corrected chi connectivity index (χ4v) is 1.25. The van der Waals surface area contributed by atoms with Crippen LogP contribution in [-0.2, 0) is 0 Å². The Labute approximate surface area is 85.0 Å². The second-order valence-corrected chi connectivity index (χ2v) is 3.31. The van der Waals surface area contributed by atoms with Crippen molar-refractivity contribution in [2.45, 2.75) is 32.6 Å². The second-order valence-electron chi connectivity index (χ2n) is 3.31. The fourth-order valence-electron chi connectivity index (χ4n) is 1.25. The molecule has 0 atom stereocenters. The summed E-state index contributed by atoms with van der Waals surface area (Å²) in [6.07, 6.45) is 8.09. The van der Waals surface area contributed by atoms with Gasteiger partial charge in [0.2, 0.25) is 0 Å². The van der Waals surface area contributed by atoms with E-state index in [9.17, 15) is 0 Å². The van der Waals surface area contributed by atoms with Gasteiger partial charge in [0.1, 0.15) is 6.33 Å². The Morgan fingerprint density at radius 1 is 1.36 bits per heavy atom. The molecule has 0 aliphatic heterocycles. The third-order valence-corrected chi connectivity index (χ3v) is 2.06. The molecule has 78 valence electrons. The van der Waals surface area contributed by atoms with Gasteiger partial charge in [-0.05, 0) is 6.42 Å². The molecule has 0 saturated heterocycles. The predicted molar refractivity (Wildman–Crippen MR) is 59.1 cm³/mol. The summed E-state index contributed by atoms with van der Waals surface area (Å²) in [7, 11) is 0. The standard InChI is InChI=1S/C10H18N4/c1-2-3-4-5-6-13-10-9(11)7-12-8-14-10/h7-8H,2-6,11H2,1H3,(H,12,13,14). The summed E-state index contributed by atoms with van der Waals surface area (Å²) in [5, 5.41) is 3.20. The molecule has 0 unspecified atom stereocenters. The molecule has 4 heteroatoms. The van der Waals surface area contributed by atoms with Gasteiger partial charge < -0.3 is 11.1 Å². The molecule has 3 N–H and O–H groups in total. The predicted octanol–water partition coefficient (Wildman–Crippen LogP) is 2.05. The van der Waals surface area contributed by atoms with Crippen LogP contribution in [0.25, 0.3) is 0 Å². The largest absolute Gasteiger partial charge is 0.394 e. The lowest BCUT2D eigenvalue weighted by molar-refractivity contribution is 0.684. The smallest absolute Gasteiger partial charge is 0.152 e. The molecule has 0 fully saturated rings. The van der Waals surface area contributed by atoms with Crippen molar-refractivity contribution in [3.8, 4) is 0 Å². The van der Waals surface area contributed by atoms with Crippen molar-refractivity contribution < 1.29 is 0 Å². The van der Waals surface area contributed by atoms with Crippen molar-refractivity contribution in [2.24, 2.45) is 0 Å². The maximum atomic E-state index is 5.67. The van der Waals surface area contributed by atoms with Gasteiger partial charge in [0.25, 0.3) is 0 Å². The zero-order valence-electron chi connectivity index (χ0n) is 8.66. The number of nitrogens with one attached hydrogen (secondary N) is 1. The van der Waals surface area contributed by atoms with Gasteiger partial charge in [0, 0.05) is 6.54 Å². The van der Waals surface area contributed by atoms with Gasteiger partial charge in [0.05, 0.1) is 11.9 Å². The average Bonchev–Trinajstić information content (AvgIpc) is 2.20. The van der Waals surface area contributed by atoms with Crippen molar-refractivity contribution in [2.75, 3.05) is 17.6 Å². The van der Waals surface area contributed by atoms with E-state index in [0.717, 1.165) is 18.8 Å². The Kier molecular flexibility index (Phi) is 4.75. The molecule has 4 nitrogen and oxygen atoms in total. The summed E-state index contributed by atoms with van der Waals surface area (Å²) in [6, 6.07) is 0. The van der Waals surface area contributed by atoms with E-state index in [-0.39, 0.29) is 0 Å². The van der Waals surface area contributed by atoms with Crippen molar-refractivity contribution in [3.05, 3.63) is 12.5 Å². The highest BCUT2D eigenvalue weighted by atomic mass is 15.0. The molecule has 0 aromatic carbocycles. The molecule has 0 aliphatic rings. The molecule has 0 amide bonds. The topological polar surface area (TPSA) is 63.8 Å². The molecule has 1 aromatic rings. The maximum absolute atomic E-state index is 5.67. The Bertz CT molecular complexity index is 262. The zero-order chi connectivity index (χ0) is 10.2. The van der Waals surface area contributed by atoms with E-state index in [1.54, 1.807) is 6.20 Å². The van der Waals surface area contributed by atoms with E-state index in [1.165, 1.54) is 25.6 Å². The second kappa shape index (κ2) is 6.18. The van der Waals surface area contributed by atoms with Crippen LogP contribution >= 0.6 is 0 Å². The third kappa shape index (κ3) is 3.60. The normalized spacial score (nSPS) is 10.1. The summed E-state index contributed by atoms with van der Waals surface area (Å²) in [4.78, 5) is 7.88.